The minimum absolute atomic E-state index is 0.286. The van der Waals surface area contributed by atoms with Crippen molar-refractivity contribution in [2.24, 2.45) is 10.9 Å². The predicted molar refractivity (Wildman–Crippen MR) is 160 cm³/mol. The van der Waals surface area contributed by atoms with E-state index in [0.717, 1.165) is 53.2 Å². The highest BCUT2D eigenvalue weighted by Crippen LogP contribution is 2.26. The summed E-state index contributed by atoms with van der Waals surface area (Å²) in [6, 6.07) is 15.7. The Bertz CT molecular complexity index is 1580. The Labute approximate surface area is 233 Å². The highest BCUT2D eigenvalue weighted by atomic mass is 19.1. The molecular formula is C32H33FN6O. The number of nitrogens with zero attached hydrogens (tertiary/aromatic N) is 4. The second-order valence-electron chi connectivity index (χ2n) is 10.4. The molecule has 0 bridgehead atoms. The van der Waals surface area contributed by atoms with Crippen LogP contribution >= 0.6 is 0 Å². The summed E-state index contributed by atoms with van der Waals surface area (Å²) in [6.07, 6.45) is 7.90. The number of aromatic amines is 1. The average molecular weight is 537 g/mol. The molecule has 0 radical (unpaired) electrons. The van der Waals surface area contributed by atoms with Crippen LogP contribution in [0.5, 0.6) is 0 Å². The first-order valence-corrected chi connectivity index (χ1v) is 13.5. The van der Waals surface area contributed by atoms with Gasteiger partial charge in [0.25, 0.3) is 5.91 Å². The van der Waals surface area contributed by atoms with Gasteiger partial charge in [-0.2, -0.15) is 5.10 Å². The molecule has 2 N–H and O–H groups in total. The molecule has 3 heterocycles. The normalized spacial score (nSPS) is 15.4. The molecule has 1 amide bonds. The lowest BCUT2D eigenvalue weighted by Gasteiger charge is -2.30. The standard InChI is InChI=1S/C32H33FN6O/c1-21-12-14-39(15-13-21)20-23(18-34-3)16-22(2)24-8-10-30-27(17-24)31(38-37-30)32(40)36-25-9-11-29(35-19-25)26-6-4-5-7-28(26)33/h4-11,16-19,21H,3,12-15,20H2,1-2H3,(H,36,40)(H,37,38)/b22-16+,23-18+. The van der Waals surface area contributed by atoms with Gasteiger partial charge in [-0.05, 0) is 98.6 Å². The van der Waals surface area contributed by atoms with Gasteiger partial charge in [0.2, 0.25) is 0 Å². The van der Waals surface area contributed by atoms with Gasteiger partial charge in [-0.1, -0.05) is 31.2 Å². The maximum Gasteiger partial charge on any atom is 0.276 e. The van der Waals surface area contributed by atoms with E-state index in [-0.39, 0.29) is 17.4 Å². The number of hydrogen-bond acceptors (Lipinski definition) is 5. The van der Waals surface area contributed by atoms with E-state index in [1.54, 1.807) is 30.3 Å². The molecule has 0 saturated carbocycles. The van der Waals surface area contributed by atoms with Gasteiger partial charge in [-0.15, -0.1) is 0 Å². The molecule has 0 spiro atoms. The number of carbonyl (C=O) groups is 1. The van der Waals surface area contributed by atoms with Crippen molar-refractivity contribution in [1.82, 2.24) is 20.1 Å². The largest absolute Gasteiger partial charge is 0.319 e. The molecule has 1 aliphatic rings. The number of amides is 1. The van der Waals surface area contributed by atoms with Gasteiger partial charge in [0, 0.05) is 23.7 Å². The molecule has 1 fully saturated rings. The first-order chi connectivity index (χ1) is 19.4. The number of piperidine rings is 1. The smallest absolute Gasteiger partial charge is 0.276 e. The zero-order chi connectivity index (χ0) is 28.1. The third-order valence-corrected chi connectivity index (χ3v) is 7.35. The highest BCUT2D eigenvalue weighted by molar-refractivity contribution is 6.11. The zero-order valence-corrected chi connectivity index (χ0v) is 22.8. The van der Waals surface area contributed by atoms with Gasteiger partial charge in [-0.25, -0.2) is 4.39 Å². The maximum atomic E-state index is 14.1. The summed E-state index contributed by atoms with van der Waals surface area (Å²) in [6.45, 7) is 11.0. The molecule has 0 atom stereocenters. The summed E-state index contributed by atoms with van der Waals surface area (Å²) in [5.74, 6) is 0.0710. The molecular weight excluding hydrogens is 503 g/mol. The number of anilines is 1. The number of hydrogen-bond donors (Lipinski definition) is 2. The lowest BCUT2D eigenvalue weighted by atomic mass is 9.98. The molecule has 1 aliphatic heterocycles. The molecule has 204 valence electrons. The Hall–Kier alpha value is -4.43. The third kappa shape index (κ3) is 6.24. The van der Waals surface area contributed by atoms with Crippen LogP contribution < -0.4 is 5.32 Å². The average Bonchev–Trinajstić information content (AvgIpc) is 3.39. The first kappa shape index (κ1) is 27.1. The van der Waals surface area contributed by atoms with Crippen molar-refractivity contribution in [2.75, 3.05) is 25.0 Å². The Morgan fingerprint density at radius 1 is 1.20 bits per heavy atom. The van der Waals surface area contributed by atoms with Crippen LogP contribution in [0, 0.1) is 11.7 Å². The molecule has 40 heavy (non-hydrogen) atoms. The summed E-state index contributed by atoms with van der Waals surface area (Å²) < 4.78 is 14.1. The van der Waals surface area contributed by atoms with E-state index >= 15 is 0 Å². The number of aliphatic imine (C=N–C) groups is 1. The van der Waals surface area contributed by atoms with Crippen molar-refractivity contribution in [3.63, 3.8) is 0 Å². The molecule has 2 aromatic carbocycles. The summed E-state index contributed by atoms with van der Waals surface area (Å²) in [7, 11) is 0. The molecule has 1 saturated heterocycles. The molecule has 8 heteroatoms. The van der Waals surface area contributed by atoms with E-state index < -0.39 is 0 Å². The van der Waals surface area contributed by atoms with Crippen LogP contribution in [0.3, 0.4) is 0 Å². The molecule has 7 nitrogen and oxygen atoms in total. The predicted octanol–water partition coefficient (Wildman–Crippen LogP) is 6.74. The lowest BCUT2D eigenvalue weighted by molar-refractivity contribution is 0.102. The summed E-state index contributed by atoms with van der Waals surface area (Å²) in [4.78, 5) is 24.0. The van der Waals surface area contributed by atoms with Gasteiger partial charge >= 0.3 is 0 Å². The monoisotopic (exact) mass is 536 g/mol. The van der Waals surface area contributed by atoms with Crippen molar-refractivity contribution in [3.05, 3.63) is 95.7 Å². The lowest BCUT2D eigenvalue weighted by Crippen LogP contribution is -2.34. The fourth-order valence-electron chi connectivity index (χ4n) is 5.00. The molecule has 0 aliphatic carbocycles. The van der Waals surface area contributed by atoms with E-state index in [1.807, 2.05) is 24.4 Å². The number of likely N-dealkylation sites (tertiary alicyclic amines) is 1. The number of aromatic nitrogens is 3. The SMILES string of the molecule is C=N/C=C(\C=C(/C)c1ccc2[nH]nc(C(=O)Nc3ccc(-c4ccccc4F)nc3)c2c1)CN1CCC(C)CC1. The quantitative estimate of drug-likeness (QED) is 0.193. The Balaban J connectivity index is 1.33. The Morgan fingerprint density at radius 3 is 2.73 bits per heavy atom. The van der Waals surface area contributed by atoms with Crippen LogP contribution in [-0.4, -0.2) is 52.3 Å². The van der Waals surface area contributed by atoms with E-state index in [2.05, 4.69) is 57.0 Å². The van der Waals surface area contributed by atoms with E-state index in [9.17, 15) is 9.18 Å². The van der Waals surface area contributed by atoms with Gasteiger partial charge < -0.3 is 5.32 Å². The second kappa shape index (κ2) is 12.2. The summed E-state index contributed by atoms with van der Waals surface area (Å²) in [5.41, 5.74) is 5.58. The first-order valence-electron chi connectivity index (χ1n) is 13.5. The van der Waals surface area contributed by atoms with E-state index in [4.69, 9.17) is 0 Å². The maximum absolute atomic E-state index is 14.1. The fourth-order valence-corrected chi connectivity index (χ4v) is 5.00. The van der Waals surface area contributed by atoms with E-state index in [0.29, 0.717) is 16.9 Å². The molecule has 4 aromatic rings. The second-order valence-corrected chi connectivity index (χ2v) is 10.4. The number of rotatable bonds is 8. The number of H-pyrrole nitrogens is 1. The van der Waals surface area contributed by atoms with Gasteiger partial charge in [0.1, 0.15) is 5.82 Å². The van der Waals surface area contributed by atoms with Crippen LogP contribution in [0.15, 0.2) is 83.6 Å². The van der Waals surface area contributed by atoms with Crippen molar-refractivity contribution in [3.8, 4) is 11.3 Å². The number of pyridine rings is 1. The number of carbonyl (C=O) groups excluding carboxylic acids is 1. The molecule has 2 aromatic heterocycles. The van der Waals surface area contributed by atoms with Crippen molar-refractivity contribution >= 4 is 34.8 Å². The topological polar surface area (TPSA) is 86.3 Å². The number of halogens is 1. The van der Waals surface area contributed by atoms with Gasteiger partial charge in [0.15, 0.2) is 5.69 Å². The van der Waals surface area contributed by atoms with Crippen LogP contribution in [-0.2, 0) is 0 Å². The van der Waals surface area contributed by atoms with Gasteiger partial charge in [-0.3, -0.25) is 24.8 Å². The summed E-state index contributed by atoms with van der Waals surface area (Å²) in [5, 5.41) is 10.8. The van der Waals surface area contributed by atoms with Gasteiger partial charge in [0.05, 0.1) is 23.1 Å². The Kier molecular flexibility index (Phi) is 8.26. The van der Waals surface area contributed by atoms with Crippen LogP contribution in [0.4, 0.5) is 10.1 Å². The number of allylic oxidation sites excluding steroid dienone is 1. The molecule has 0 unspecified atom stereocenters. The number of benzene rings is 2. The van der Waals surface area contributed by atoms with Crippen molar-refractivity contribution in [2.45, 2.75) is 26.7 Å². The van der Waals surface area contributed by atoms with Crippen LogP contribution in [0.1, 0.15) is 42.7 Å². The van der Waals surface area contributed by atoms with Crippen molar-refractivity contribution in [1.29, 1.82) is 0 Å². The third-order valence-electron chi connectivity index (χ3n) is 7.35. The number of nitrogens with one attached hydrogen (secondary N) is 2. The van der Waals surface area contributed by atoms with Crippen LogP contribution in [0.25, 0.3) is 27.7 Å². The summed E-state index contributed by atoms with van der Waals surface area (Å²) >= 11 is 0. The molecule has 5 rings (SSSR count). The van der Waals surface area contributed by atoms with Crippen LogP contribution in [0.2, 0.25) is 0 Å². The highest BCUT2D eigenvalue weighted by Gasteiger charge is 2.18. The minimum Gasteiger partial charge on any atom is -0.319 e. The Morgan fingerprint density at radius 2 is 2.00 bits per heavy atom. The minimum atomic E-state index is -0.360. The van der Waals surface area contributed by atoms with Crippen molar-refractivity contribution < 1.29 is 9.18 Å². The van der Waals surface area contributed by atoms with E-state index in [1.165, 1.54) is 25.1 Å². The zero-order valence-electron chi connectivity index (χ0n) is 22.8. The fraction of sp³-hybridized carbons (Fsp3) is 0.250. The number of fused-ring (bicyclic) bond motifs is 1.